The molecule has 2 aliphatic heterocycles. The summed E-state index contributed by atoms with van der Waals surface area (Å²) in [6, 6.07) is -1.01. The fraction of sp³-hybridized carbons (Fsp3) is 0.350. The third kappa shape index (κ3) is 5.86. The predicted molar refractivity (Wildman–Crippen MR) is 124 cm³/mol. The molecule has 3 rings (SSSR count). The highest BCUT2D eigenvalue weighted by Crippen LogP contribution is 2.41. The number of oxime groups is 1. The molecule has 2 aliphatic rings. The first-order chi connectivity index (χ1) is 16.6. The molecule has 13 nitrogen and oxygen atoms in total. The van der Waals surface area contributed by atoms with Crippen LogP contribution in [0.25, 0.3) is 0 Å². The number of allylic oxidation sites excluding steroid dienone is 2. The maximum atomic E-state index is 13.0. The number of fused-ring (bicyclic) bond motifs is 1. The number of hydrogen-bond acceptors (Lipinski definition) is 13. The molecule has 3 N–H and O–H groups in total. The number of rotatable bonds is 8. The lowest BCUT2D eigenvalue weighted by molar-refractivity contribution is -0.166. The third-order valence-electron chi connectivity index (χ3n) is 4.54. The number of carbonyl (C=O) groups is 5. The largest absolute Gasteiger partial charge is 0.428 e. The van der Waals surface area contributed by atoms with Gasteiger partial charge in [-0.05, 0) is 12.5 Å². The molecule has 0 saturated carbocycles. The Hall–Kier alpha value is -3.72. The van der Waals surface area contributed by atoms with Crippen molar-refractivity contribution in [2.75, 3.05) is 18.3 Å². The first-order valence-electron chi connectivity index (χ1n) is 10.0. The summed E-state index contributed by atoms with van der Waals surface area (Å²) < 4.78 is 9.63. The summed E-state index contributed by atoms with van der Waals surface area (Å²) in [6.07, 6.45) is 3.37. The fourth-order valence-electron chi connectivity index (χ4n) is 3.12. The molecule has 15 heteroatoms. The van der Waals surface area contributed by atoms with Gasteiger partial charge in [0, 0.05) is 25.0 Å². The Morgan fingerprint density at radius 1 is 1.29 bits per heavy atom. The van der Waals surface area contributed by atoms with Crippen LogP contribution in [0.4, 0.5) is 5.13 Å². The summed E-state index contributed by atoms with van der Waals surface area (Å²) in [5.41, 5.74) is 5.88. The number of thioether (sulfide) groups is 1. The van der Waals surface area contributed by atoms with Crippen molar-refractivity contribution in [1.29, 1.82) is 0 Å². The van der Waals surface area contributed by atoms with Crippen LogP contribution in [0.15, 0.2) is 34.0 Å². The van der Waals surface area contributed by atoms with Crippen LogP contribution < -0.4 is 11.1 Å². The highest BCUT2D eigenvalue weighted by molar-refractivity contribution is 8.00. The van der Waals surface area contributed by atoms with Gasteiger partial charge in [-0.1, -0.05) is 17.3 Å². The quantitative estimate of drug-likeness (QED) is 0.119. The summed E-state index contributed by atoms with van der Waals surface area (Å²) in [6.45, 7) is 3.42. The summed E-state index contributed by atoms with van der Waals surface area (Å²) in [5, 5.41) is 7.10. The van der Waals surface area contributed by atoms with Gasteiger partial charge in [-0.2, -0.15) is 0 Å². The second-order valence-electron chi connectivity index (χ2n) is 7.01. The monoisotopic (exact) mass is 523 g/mol. The normalized spacial score (nSPS) is 19.7. The van der Waals surface area contributed by atoms with E-state index >= 15 is 0 Å². The van der Waals surface area contributed by atoms with Crippen LogP contribution in [0.2, 0.25) is 0 Å². The van der Waals surface area contributed by atoms with Crippen LogP contribution in [0.3, 0.4) is 0 Å². The van der Waals surface area contributed by atoms with E-state index in [1.54, 1.807) is 19.1 Å². The van der Waals surface area contributed by atoms with Gasteiger partial charge in [-0.3, -0.25) is 19.3 Å². The number of nitrogen functional groups attached to an aromatic ring is 1. The molecule has 2 atom stereocenters. The molecule has 1 aromatic heterocycles. The Balaban J connectivity index is 1.79. The number of amides is 2. The average Bonchev–Trinajstić information content (AvgIpc) is 3.22. The van der Waals surface area contributed by atoms with Crippen LogP contribution in [0.1, 0.15) is 26.5 Å². The lowest BCUT2D eigenvalue weighted by atomic mass is 10.0. The molecule has 0 unspecified atom stereocenters. The molecule has 1 fully saturated rings. The fourth-order valence-corrected chi connectivity index (χ4v) is 4.98. The second kappa shape index (κ2) is 11.1. The number of β-lactam (4-membered cyclic amide) rings is 1. The van der Waals surface area contributed by atoms with E-state index in [2.05, 4.69) is 25.0 Å². The van der Waals surface area contributed by atoms with E-state index in [1.165, 1.54) is 22.0 Å². The first-order valence-corrected chi connectivity index (χ1v) is 12.0. The Labute approximate surface area is 207 Å². The van der Waals surface area contributed by atoms with Crippen molar-refractivity contribution < 1.29 is 38.3 Å². The van der Waals surface area contributed by atoms with Gasteiger partial charge in [0.05, 0.1) is 0 Å². The number of hydrogen-bond donors (Lipinski definition) is 2. The van der Waals surface area contributed by atoms with Gasteiger partial charge >= 0.3 is 17.9 Å². The molecule has 1 aromatic rings. The standard InChI is InChI=1S/C20H21N5O8S2/c1-4-5-11-6-34-18-14(17(29)25(18)15(11)19(30)32-8-31-9(2)26)23-16(28)13(24-33-10(3)27)12-7-35-20(21)22-12/h4-5,7,14,18H,6,8H2,1-3H3,(H2,21,22)(H,23,28)/b5-4-,24-13-/t14-,18+/m1/s1. The molecule has 3 heterocycles. The number of carbonyl (C=O) groups excluding carboxylic acids is 5. The number of thiazole rings is 1. The second-order valence-corrected chi connectivity index (χ2v) is 9.01. The molecule has 0 aliphatic carbocycles. The highest BCUT2D eigenvalue weighted by Gasteiger charge is 2.54. The van der Waals surface area contributed by atoms with Crippen molar-refractivity contribution in [3.05, 3.63) is 34.5 Å². The molecular formula is C20H21N5O8S2. The van der Waals surface area contributed by atoms with E-state index in [1.807, 2.05) is 0 Å². The van der Waals surface area contributed by atoms with E-state index in [-0.39, 0.29) is 22.2 Å². The van der Waals surface area contributed by atoms with Gasteiger partial charge in [0.1, 0.15) is 22.8 Å². The summed E-state index contributed by atoms with van der Waals surface area (Å²) >= 11 is 2.37. The van der Waals surface area contributed by atoms with Crippen LogP contribution in [-0.2, 0) is 38.3 Å². The van der Waals surface area contributed by atoms with Gasteiger partial charge in [0.2, 0.25) is 6.79 Å². The van der Waals surface area contributed by atoms with E-state index < -0.39 is 47.9 Å². The topological polar surface area (TPSA) is 180 Å². The van der Waals surface area contributed by atoms with Gasteiger partial charge in [-0.15, -0.1) is 23.1 Å². The predicted octanol–water partition coefficient (Wildman–Crippen LogP) is 0.286. The van der Waals surface area contributed by atoms with E-state index in [4.69, 9.17) is 10.5 Å². The van der Waals surface area contributed by atoms with Crippen molar-refractivity contribution in [3.63, 3.8) is 0 Å². The molecule has 1 saturated heterocycles. The van der Waals surface area contributed by atoms with Crippen molar-refractivity contribution >= 4 is 63.7 Å². The lowest BCUT2D eigenvalue weighted by Crippen LogP contribution is -2.71. The minimum absolute atomic E-state index is 0.00409. The zero-order valence-corrected chi connectivity index (χ0v) is 20.4. The van der Waals surface area contributed by atoms with Crippen LogP contribution in [0, 0.1) is 0 Å². The Morgan fingerprint density at radius 3 is 2.63 bits per heavy atom. The zero-order valence-electron chi connectivity index (χ0n) is 18.8. The minimum Gasteiger partial charge on any atom is -0.428 e. The molecule has 0 aromatic carbocycles. The number of esters is 2. The Morgan fingerprint density at radius 2 is 2.03 bits per heavy atom. The first kappa shape index (κ1) is 25.9. The zero-order chi connectivity index (χ0) is 25.7. The molecular weight excluding hydrogens is 502 g/mol. The molecule has 0 spiro atoms. The SMILES string of the molecule is C/C=C\C1=C(C(=O)OCOC(C)=O)N2C(=O)[C@@H](NC(=O)/C(=N\OC(C)=O)c3csc(N)n3)[C@@H]2SC1. The molecule has 2 amide bonds. The van der Waals surface area contributed by atoms with Crippen molar-refractivity contribution in [3.8, 4) is 0 Å². The number of aromatic nitrogens is 1. The van der Waals surface area contributed by atoms with Crippen LogP contribution in [0.5, 0.6) is 0 Å². The summed E-state index contributed by atoms with van der Waals surface area (Å²) in [4.78, 5) is 70.5. The molecule has 0 bridgehead atoms. The maximum absolute atomic E-state index is 13.0. The van der Waals surface area contributed by atoms with Crippen molar-refractivity contribution in [2.45, 2.75) is 32.2 Å². The minimum atomic E-state index is -1.01. The van der Waals surface area contributed by atoms with Crippen molar-refractivity contribution in [2.24, 2.45) is 5.16 Å². The van der Waals surface area contributed by atoms with Crippen LogP contribution in [-0.4, -0.2) is 69.3 Å². The number of anilines is 1. The Bertz CT molecular complexity index is 1160. The van der Waals surface area contributed by atoms with Crippen molar-refractivity contribution in [1.82, 2.24) is 15.2 Å². The smallest absolute Gasteiger partial charge is 0.358 e. The van der Waals surface area contributed by atoms with Gasteiger partial charge in [-0.25, -0.2) is 14.6 Å². The third-order valence-corrected chi connectivity index (χ3v) is 6.52. The molecule has 35 heavy (non-hydrogen) atoms. The molecule has 186 valence electrons. The average molecular weight is 524 g/mol. The van der Waals surface area contributed by atoms with Gasteiger partial charge < -0.3 is 25.4 Å². The number of nitrogens with zero attached hydrogens (tertiary/aromatic N) is 3. The summed E-state index contributed by atoms with van der Waals surface area (Å²) in [7, 11) is 0. The van der Waals surface area contributed by atoms with E-state index in [0.717, 1.165) is 25.2 Å². The van der Waals surface area contributed by atoms with Crippen LogP contribution >= 0.6 is 23.1 Å². The number of ether oxygens (including phenoxy) is 2. The maximum Gasteiger partial charge on any atom is 0.358 e. The highest BCUT2D eigenvalue weighted by atomic mass is 32.2. The molecule has 0 radical (unpaired) electrons. The Kier molecular flexibility index (Phi) is 8.24. The number of nitrogens with one attached hydrogen (secondary N) is 1. The van der Waals surface area contributed by atoms with Gasteiger partial charge in [0.25, 0.3) is 11.8 Å². The number of nitrogens with two attached hydrogens (primary N) is 1. The van der Waals surface area contributed by atoms with Gasteiger partial charge in [0.15, 0.2) is 10.8 Å². The summed E-state index contributed by atoms with van der Waals surface area (Å²) in [5.74, 6) is -3.28. The van der Waals surface area contributed by atoms with E-state index in [0.29, 0.717) is 11.3 Å². The van der Waals surface area contributed by atoms with E-state index in [9.17, 15) is 24.0 Å². The lowest BCUT2D eigenvalue weighted by Gasteiger charge is -2.49.